The lowest BCUT2D eigenvalue weighted by molar-refractivity contribution is -0.118. The van der Waals surface area contributed by atoms with Gasteiger partial charge in [0.25, 0.3) is 5.91 Å². The third kappa shape index (κ3) is 7.92. The number of hydrogen-bond donors (Lipinski definition) is 1. The van der Waals surface area contributed by atoms with Crippen molar-refractivity contribution < 1.29 is 14.3 Å². The number of unbranched alkanes of at least 4 members (excludes halogenated alkanes) is 1. The predicted molar refractivity (Wildman–Crippen MR) is 111 cm³/mol. The molecular formula is C22H28ClNO3. The van der Waals surface area contributed by atoms with Crippen LogP contribution in [0.15, 0.2) is 48.5 Å². The minimum Gasteiger partial charge on any atom is -0.493 e. The third-order valence-corrected chi connectivity index (χ3v) is 4.60. The van der Waals surface area contributed by atoms with Crippen molar-refractivity contribution >= 4 is 23.2 Å². The molecule has 0 bridgehead atoms. The molecule has 1 N–H and O–H groups in total. The lowest BCUT2D eigenvalue weighted by Gasteiger charge is -2.15. The maximum absolute atomic E-state index is 11.9. The van der Waals surface area contributed by atoms with E-state index >= 15 is 0 Å². The summed E-state index contributed by atoms with van der Waals surface area (Å²) in [6, 6.07) is 14.3. The first-order valence-electron chi connectivity index (χ1n) is 9.51. The SMILES string of the molecule is CCCCC(CC)COc1ccc(OCC(=O)Nc2ccc(Cl)cc2)cc1. The molecule has 1 atom stereocenters. The molecule has 5 heteroatoms. The highest BCUT2D eigenvalue weighted by Crippen LogP contribution is 2.20. The van der Waals surface area contributed by atoms with Crippen LogP contribution in [0.5, 0.6) is 11.5 Å². The predicted octanol–water partition coefficient (Wildman–Crippen LogP) is 5.95. The van der Waals surface area contributed by atoms with Gasteiger partial charge in [-0.3, -0.25) is 4.79 Å². The summed E-state index contributed by atoms with van der Waals surface area (Å²) < 4.78 is 11.4. The number of carbonyl (C=O) groups excluding carboxylic acids is 1. The second kappa shape index (κ2) is 11.5. The van der Waals surface area contributed by atoms with E-state index in [0.29, 0.717) is 22.4 Å². The van der Waals surface area contributed by atoms with E-state index < -0.39 is 0 Å². The molecule has 2 aromatic carbocycles. The molecule has 1 unspecified atom stereocenters. The Balaban J connectivity index is 1.74. The zero-order chi connectivity index (χ0) is 19.5. The molecule has 0 saturated carbocycles. The zero-order valence-corrected chi connectivity index (χ0v) is 16.8. The summed E-state index contributed by atoms with van der Waals surface area (Å²) in [4.78, 5) is 11.9. The third-order valence-electron chi connectivity index (χ3n) is 4.35. The van der Waals surface area contributed by atoms with Crippen LogP contribution in [-0.2, 0) is 4.79 Å². The van der Waals surface area contributed by atoms with E-state index in [1.807, 2.05) is 24.3 Å². The van der Waals surface area contributed by atoms with Gasteiger partial charge in [0.2, 0.25) is 0 Å². The van der Waals surface area contributed by atoms with Gasteiger partial charge in [0, 0.05) is 10.7 Å². The number of anilines is 1. The molecule has 2 aromatic rings. The second-order valence-corrected chi connectivity index (χ2v) is 6.98. The Hall–Kier alpha value is -2.20. The van der Waals surface area contributed by atoms with Gasteiger partial charge < -0.3 is 14.8 Å². The van der Waals surface area contributed by atoms with Crippen LogP contribution >= 0.6 is 11.6 Å². The Morgan fingerprint density at radius 1 is 1.00 bits per heavy atom. The average molecular weight is 390 g/mol. The topological polar surface area (TPSA) is 47.6 Å². The molecule has 0 spiro atoms. The minimum atomic E-state index is -0.223. The molecule has 0 heterocycles. The van der Waals surface area contributed by atoms with E-state index in [4.69, 9.17) is 21.1 Å². The highest BCUT2D eigenvalue weighted by atomic mass is 35.5. The average Bonchev–Trinajstić information content (AvgIpc) is 2.69. The van der Waals surface area contributed by atoms with Crippen LogP contribution in [0.1, 0.15) is 39.5 Å². The van der Waals surface area contributed by atoms with Crippen LogP contribution in [0.25, 0.3) is 0 Å². The fourth-order valence-electron chi connectivity index (χ4n) is 2.62. The van der Waals surface area contributed by atoms with Crippen molar-refractivity contribution in [1.82, 2.24) is 0 Å². The van der Waals surface area contributed by atoms with Crippen LogP contribution < -0.4 is 14.8 Å². The lowest BCUT2D eigenvalue weighted by atomic mass is 10.0. The molecular weight excluding hydrogens is 362 g/mol. The van der Waals surface area contributed by atoms with Crippen molar-refractivity contribution in [3.63, 3.8) is 0 Å². The van der Waals surface area contributed by atoms with Gasteiger partial charge in [-0.05, 0) is 60.9 Å². The van der Waals surface area contributed by atoms with Crippen molar-refractivity contribution in [2.75, 3.05) is 18.5 Å². The van der Waals surface area contributed by atoms with Crippen LogP contribution in [0.3, 0.4) is 0 Å². The summed E-state index contributed by atoms with van der Waals surface area (Å²) in [7, 11) is 0. The Kier molecular flexibility index (Phi) is 8.99. The van der Waals surface area contributed by atoms with E-state index in [1.54, 1.807) is 24.3 Å². The van der Waals surface area contributed by atoms with Gasteiger partial charge in [-0.1, -0.05) is 44.7 Å². The first-order valence-corrected chi connectivity index (χ1v) is 9.89. The molecule has 27 heavy (non-hydrogen) atoms. The van der Waals surface area contributed by atoms with Crippen molar-refractivity contribution in [2.24, 2.45) is 5.92 Å². The minimum absolute atomic E-state index is 0.0578. The van der Waals surface area contributed by atoms with Gasteiger partial charge in [-0.15, -0.1) is 0 Å². The molecule has 0 radical (unpaired) electrons. The first kappa shape index (κ1) is 21.1. The maximum Gasteiger partial charge on any atom is 0.262 e. The molecule has 0 fully saturated rings. The summed E-state index contributed by atoms with van der Waals surface area (Å²) in [5.74, 6) is 1.83. The molecule has 4 nitrogen and oxygen atoms in total. The van der Waals surface area contributed by atoms with Gasteiger partial charge in [0.1, 0.15) is 11.5 Å². The lowest BCUT2D eigenvalue weighted by Crippen LogP contribution is -2.20. The standard InChI is InChI=1S/C22H28ClNO3/c1-3-5-6-17(4-2)15-26-20-11-13-21(14-12-20)27-16-22(25)24-19-9-7-18(23)8-10-19/h7-14,17H,3-6,15-16H2,1-2H3,(H,24,25). The number of hydrogen-bond acceptors (Lipinski definition) is 3. The van der Waals surface area contributed by atoms with Crippen LogP contribution in [0, 0.1) is 5.92 Å². The van der Waals surface area contributed by atoms with Gasteiger partial charge in [0.15, 0.2) is 6.61 Å². The van der Waals surface area contributed by atoms with Crippen molar-refractivity contribution in [3.05, 3.63) is 53.6 Å². The number of benzene rings is 2. The van der Waals surface area contributed by atoms with E-state index in [2.05, 4.69) is 19.2 Å². The number of carbonyl (C=O) groups is 1. The van der Waals surface area contributed by atoms with E-state index in [0.717, 1.165) is 18.8 Å². The molecule has 0 aromatic heterocycles. The molecule has 0 aliphatic heterocycles. The van der Waals surface area contributed by atoms with Crippen LogP contribution in [0.4, 0.5) is 5.69 Å². The Morgan fingerprint density at radius 3 is 2.22 bits per heavy atom. The quantitative estimate of drug-likeness (QED) is 0.516. The van der Waals surface area contributed by atoms with E-state index in [-0.39, 0.29) is 12.5 Å². The zero-order valence-electron chi connectivity index (χ0n) is 16.0. The van der Waals surface area contributed by atoms with Gasteiger partial charge in [-0.2, -0.15) is 0 Å². The van der Waals surface area contributed by atoms with Crippen LogP contribution in [-0.4, -0.2) is 19.1 Å². The highest BCUT2D eigenvalue weighted by molar-refractivity contribution is 6.30. The number of nitrogens with one attached hydrogen (secondary N) is 1. The number of amides is 1. The first-order chi connectivity index (χ1) is 13.1. The Morgan fingerprint density at radius 2 is 1.63 bits per heavy atom. The van der Waals surface area contributed by atoms with Gasteiger partial charge in [0.05, 0.1) is 6.61 Å². The Labute approximate surface area is 166 Å². The highest BCUT2D eigenvalue weighted by Gasteiger charge is 2.08. The Bertz CT molecular complexity index is 686. The number of halogens is 1. The largest absolute Gasteiger partial charge is 0.493 e. The summed E-state index contributed by atoms with van der Waals surface area (Å²) in [6.45, 7) is 5.09. The van der Waals surface area contributed by atoms with Crippen molar-refractivity contribution in [1.29, 1.82) is 0 Å². The molecule has 1 amide bonds. The fourth-order valence-corrected chi connectivity index (χ4v) is 2.75. The number of ether oxygens (including phenoxy) is 2. The number of rotatable bonds is 11. The maximum atomic E-state index is 11.9. The second-order valence-electron chi connectivity index (χ2n) is 6.54. The summed E-state index contributed by atoms with van der Waals surface area (Å²) in [5, 5.41) is 3.39. The van der Waals surface area contributed by atoms with E-state index in [9.17, 15) is 4.79 Å². The van der Waals surface area contributed by atoms with Gasteiger partial charge >= 0.3 is 0 Å². The summed E-state index contributed by atoms with van der Waals surface area (Å²) in [6.07, 6.45) is 4.79. The smallest absolute Gasteiger partial charge is 0.262 e. The van der Waals surface area contributed by atoms with E-state index in [1.165, 1.54) is 19.3 Å². The molecule has 0 aliphatic rings. The fraction of sp³-hybridized carbons (Fsp3) is 0.409. The monoisotopic (exact) mass is 389 g/mol. The normalized spacial score (nSPS) is 11.7. The van der Waals surface area contributed by atoms with Crippen molar-refractivity contribution in [2.45, 2.75) is 39.5 Å². The van der Waals surface area contributed by atoms with Crippen molar-refractivity contribution in [3.8, 4) is 11.5 Å². The molecule has 0 aliphatic carbocycles. The van der Waals surface area contributed by atoms with Crippen LogP contribution in [0.2, 0.25) is 5.02 Å². The van der Waals surface area contributed by atoms with Gasteiger partial charge in [-0.25, -0.2) is 0 Å². The molecule has 0 saturated heterocycles. The molecule has 146 valence electrons. The summed E-state index contributed by atoms with van der Waals surface area (Å²) in [5.41, 5.74) is 0.685. The molecule has 2 rings (SSSR count). The summed E-state index contributed by atoms with van der Waals surface area (Å²) >= 11 is 5.82.